The normalized spacial score (nSPS) is 14.9. The lowest BCUT2D eigenvalue weighted by Crippen LogP contribution is -2.49. The van der Waals surface area contributed by atoms with Crippen molar-refractivity contribution in [2.75, 3.05) is 31.1 Å². The minimum Gasteiger partial charge on any atom is -0.352 e. The molecule has 4 aromatic rings. The van der Waals surface area contributed by atoms with Crippen LogP contribution in [0.2, 0.25) is 0 Å². The van der Waals surface area contributed by atoms with E-state index in [-0.39, 0.29) is 17.4 Å². The standard InChI is InChI=1S/C28H31FN6O/c1-5-19(3)25-30-26(24-20(4)32-35(27(24)31-25)21-12-10-18(2)11-13-21)33-14-16-34(17-15-33)28(36)22-8-6-7-9-23(22)29/h6-13,19H,5,14-17H2,1-4H3. The van der Waals surface area contributed by atoms with Crippen LogP contribution in [0.5, 0.6) is 0 Å². The highest BCUT2D eigenvalue weighted by atomic mass is 19.1. The van der Waals surface area contributed by atoms with Crippen LogP contribution >= 0.6 is 0 Å². The molecule has 1 saturated heterocycles. The molecule has 2 aromatic heterocycles. The summed E-state index contributed by atoms with van der Waals surface area (Å²) in [5.74, 6) is 1.07. The zero-order valence-corrected chi connectivity index (χ0v) is 21.2. The van der Waals surface area contributed by atoms with Crippen LogP contribution in [0.3, 0.4) is 0 Å². The van der Waals surface area contributed by atoms with Crippen LogP contribution in [0.25, 0.3) is 16.7 Å². The van der Waals surface area contributed by atoms with Crippen molar-refractivity contribution < 1.29 is 9.18 Å². The molecule has 0 spiro atoms. The Balaban J connectivity index is 1.50. The molecule has 1 unspecified atom stereocenters. The summed E-state index contributed by atoms with van der Waals surface area (Å²) in [4.78, 5) is 26.8. The number of nitrogens with zero attached hydrogens (tertiary/aromatic N) is 6. The average molecular weight is 487 g/mol. The summed E-state index contributed by atoms with van der Waals surface area (Å²) >= 11 is 0. The van der Waals surface area contributed by atoms with Gasteiger partial charge in [-0.05, 0) is 44.5 Å². The van der Waals surface area contributed by atoms with Gasteiger partial charge in [0.05, 0.1) is 22.3 Å². The van der Waals surface area contributed by atoms with Crippen molar-refractivity contribution in [3.05, 3.63) is 77.0 Å². The molecule has 2 aromatic carbocycles. The quantitative estimate of drug-likeness (QED) is 0.395. The number of amides is 1. The van der Waals surface area contributed by atoms with Gasteiger partial charge in [-0.1, -0.05) is 43.7 Å². The molecule has 0 bridgehead atoms. The Labute approximate surface area is 210 Å². The first-order chi connectivity index (χ1) is 17.4. The number of aromatic nitrogens is 4. The number of carbonyl (C=O) groups excluding carboxylic acids is 1. The fourth-order valence-electron chi connectivity index (χ4n) is 4.60. The predicted octanol–water partition coefficient (Wildman–Crippen LogP) is 5.05. The van der Waals surface area contributed by atoms with Crippen molar-refractivity contribution in [2.24, 2.45) is 0 Å². The van der Waals surface area contributed by atoms with Crippen molar-refractivity contribution in [1.82, 2.24) is 24.6 Å². The van der Waals surface area contributed by atoms with Gasteiger partial charge in [0.2, 0.25) is 0 Å². The lowest BCUT2D eigenvalue weighted by atomic mass is 10.1. The number of aryl methyl sites for hydroxylation is 2. The highest BCUT2D eigenvalue weighted by Gasteiger charge is 2.28. The average Bonchev–Trinajstić information content (AvgIpc) is 3.24. The molecule has 3 heterocycles. The molecule has 7 nitrogen and oxygen atoms in total. The highest BCUT2D eigenvalue weighted by Crippen LogP contribution is 2.32. The van der Waals surface area contributed by atoms with Gasteiger partial charge in [0.25, 0.3) is 5.91 Å². The SMILES string of the molecule is CCC(C)c1nc(N2CCN(C(=O)c3ccccc3F)CC2)c2c(C)nn(-c3ccc(C)cc3)c2n1. The first-order valence-electron chi connectivity index (χ1n) is 12.5. The first kappa shape index (κ1) is 23.9. The van der Waals surface area contributed by atoms with Gasteiger partial charge in [-0.15, -0.1) is 0 Å². The van der Waals surface area contributed by atoms with Crippen molar-refractivity contribution in [3.63, 3.8) is 0 Å². The molecule has 0 saturated carbocycles. The fourth-order valence-corrected chi connectivity index (χ4v) is 4.60. The molecule has 1 aliphatic rings. The van der Waals surface area contributed by atoms with Gasteiger partial charge in [-0.2, -0.15) is 5.10 Å². The van der Waals surface area contributed by atoms with E-state index < -0.39 is 5.82 Å². The van der Waals surface area contributed by atoms with Crippen molar-refractivity contribution >= 4 is 22.8 Å². The third-order valence-electron chi connectivity index (χ3n) is 7.00. The van der Waals surface area contributed by atoms with Crippen LogP contribution in [0.15, 0.2) is 48.5 Å². The Morgan fingerprint density at radius 1 is 1.00 bits per heavy atom. The van der Waals surface area contributed by atoms with E-state index in [1.54, 1.807) is 23.1 Å². The van der Waals surface area contributed by atoms with Gasteiger partial charge in [-0.3, -0.25) is 4.79 Å². The number of rotatable bonds is 5. The van der Waals surface area contributed by atoms with Crippen LogP contribution in [-0.2, 0) is 0 Å². The summed E-state index contributed by atoms with van der Waals surface area (Å²) in [7, 11) is 0. The number of benzene rings is 2. The van der Waals surface area contributed by atoms with Crippen LogP contribution in [0, 0.1) is 19.7 Å². The van der Waals surface area contributed by atoms with E-state index in [1.807, 2.05) is 11.6 Å². The summed E-state index contributed by atoms with van der Waals surface area (Å²) in [5.41, 5.74) is 3.91. The lowest BCUT2D eigenvalue weighted by molar-refractivity contribution is 0.0742. The second-order valence-electron chi connectivity index (χ2n) is 9.51. The number of anilines is 1. The first-order valence-corrected chi connectivity index (χ1v) is 12.5. The Morgan fingerprint density at radius 3 is 2.36 bits per heavy atom. The van der Waals surface area contributed by atoms with Gasteiger partial charge in [0, 0.05) is 32.1 Å². The summed E-state index contributed by atoms with van der Waals surface area (Å²) in [6.07, 6.45) is 0.924. The van der Waals surface area contributed by atoms with E-state index in [0.29, 0.717) is 26.2 Å². The molecular weight excluding hydrogens is 455 g/mol. The number of fused-ring (bicyclic) bond motifs is 1. The van der Waals surface area contributed by atoms with E-state index in [2.05, 4.69) is 49.9 Å². The molecule has 8 heteroatoms. The Bertz CT molecular complexity index is 1410. The zero-order valence-electron chi connectivity index (χ0n) is 21.2. The van der Waals surface area contributed by atoms with E-state index >= 15 is 0 Å². The number of hydrogen-bond donors (Lipinski definition) is 0. The minimum absolute atomic E-state index is 0.115. The topological polar surface area (TPSA) is 67.2 Å². The lowest BCUT2D eigenvalue weighted by Gasteiger charge is -2.36. The molecule has 1 fully saturated rings. The number of piperazine rings is 1. The van der Waals surface area contributed by atoms with Crippen LogP contribution < -0.4 is 4.90 Å². The van der Waals surface area contributed by atoms with E-state index in [9.17, 15) is 9.18 Å². The molecule has 186 valence electrons. The van der Waals surface area contributed by atoms with Gasteiger partial charge in [0.15, 0.2) is 5.65 Å². The molecule has 5 rings (SSSR count). The van der Waals surface area contributed by atoms with Crippen molar-refractivity contribution in [1.29, 1.82) is 0 Å². The predicted molar refractivity (Wildman–Crippen MR) is 139 cm³/mol. The molecule has 36 heavy (non-hydrogen) atoms. The number of carbonyl (C=O) groups is 1. The Morgan fingerprint density at radius 2 is 1.69 bits per heavy atom. The van der Waals surface area contributed by atoms with Gasteiger partial charge >= 0.3 is 0 Å². The molecular formula is C28H31FN6O. The molecule has 0 radical (unpaired) electrons. The maximum Gasteiger partial charge on any atom is 0.256 e. The van der Waals surface area contributed by atoms with Gasteiger partial charge in [0.1, 0.15) is 17.5 Å². The zero-order chi connectivity index (χ0) is 25.4. The number of halogens is 1. The highest BCUT2D eigenvalue weighted by molar-refractivity contribution is 5.95. The minimum atomic E-state index is -0.486. The second-order valence-corrected chi connectivity index (χ2v) is 9.51. The third-order valence-corrected chi connectivity index (χ3v) is 7.00. The van der Waals surface area contributed by atoms with Crippen molar-refractivity contribution in [3.8, 4) is 5.69 Å². The molecule has 0 aliphatic carbocycles. The van der Waals surface area contributed by atoms with E-state index in [1.165, 1.54) is 11.6 Å². The van der Waals surface area contributed by atoms with Crippen LogP contribution in [-0.4, -0.2) is 56.7 Å². The summed E-state index contributed by atoms with van der Waals surface area (Å²) < 4.78 is 16.1. The van der Waals surface area contributed by atoms with Gasteiger partial charge in [-0.25, -0.2) is 19.0 Å². The third kappa shape index (κ3) is 4.32. The Kier molecular flexibility index (Phi) is 6.43. The van der Waals surface area contributed by atoms with E-state index in [4.69, 9.17) is 15.1 Å². The monoisotopic (exact) mass is 486 g/mol. The summed E-state index contributed by atoms with van der Waals surface area (Å²) in [5, 5.41) is 5.77. The molecule has 1 amide bonds. The molecule has 0 N–H and O–H groups in total. The van der Waals surface area contributed by atoms with Crippen molar-refractivity contribution in [2.45, 2.75) is 40.0 Å². The van der Waals surface area contributed by atoms with E-state index in [0.717, 1.165) is 40.5 Å². The number of hydrogen-bond acceptors (Lipinski definition) is 5. The summed E-state index contributed by atoms with van der Waals surface area (Å²) in [6.45, 7) is 10.5. The summed E-state index contributed by atoms with van der Waals surface area (Å²) in [6, 6.07) is 14.4. The molecule has 1 atom stereocenters. The maximum atomic E-state index is 14.2. The van der Waals surface area contributed by atoms with Crippen LogP contribution in [0.1, 0.15) is 53.6 Å². The maximum absolute atomic E-state index is 14.2. The second kappa shape index (κ2) is 9.68. The molecule has 1 aliphatic heterocycles. The largest absolute Gasteiger partial charge is 0.352 e. The van der Waals surface area contributed by atoms with Crippen LogP contribution in [0.4, 0.5) is 10.2 Å². The fraction of sp³-hybridized carbons (Fsp3) is 0.357. The van der Waals surface area contributed by atoms with Gasteiger partial charge < -0.3 is 9.80 Å². The smallest absolute Gasteiger partial charge is 0.256 e. The Hall–Kier alpha value is -3.81.